The average Bonchev–Trinajstić information content (AvgIpc) is 2.67. The van der Waals surface area contributed by atoms with Gasteiger partial charge in [0.25, 0.3) is 0 Å². The van der Waals surface area contributed by atoms with Crippen molar-refractivity contribution in [3.05, 3.63) is 29.5 Å². The van der Waals surface area contributed by atoms with Crippen LogP contribution in [0.3, 0.4) is 0 Å². The Morgan fingerprint density at radius 3 is 3.06 bits per heavy atom. The molecule has 0 saturated heterocycles. The van der Waals surface area contributed by atoms with Crippen LogP contribution in [0.15, 0.2) is 18.2 Å². The summed E-state index contributed by atoms with van der Waals surface area (Å²) < 4.78 is 0. The van der Waals surface area contributed by atoms with E-state index in [1.54, 1.807) is 12.1 Å². The summed E-state index contributed by atoms with van der Waals surface area (Å²) in [4.78, 5) is 3.31. The van der Waals surface area contributed by atoms with Crippen molar-refractivity contribution in [3.63, 3.8) is 0 Å². The highest BCUT2D eigenvalue weighted by atomic mass is 16.3. The molecule has 1 aromatic carbocycles. The summed E-state index contributed by atoms with van der Waals surface area (Å²) in [5.74, 6) is 0.286. The highest BCUT2D eigenvalue weighted by molar-refractivity contribution is 5.86. The van der Waals surface area contributed by atoms with Gasteiger partial charge in [-0.1, -0.05) is 0 Å². The molecule has 1 aromatic heterocycles. The third-order valence-corrected chi connectivity index (χ3v) is 3.22. The molecule has 0 bridgehead atoms. The average molecular weight is 218 g/mol. The van der Waals surface area contributed by atoms with Crippen molar-refractivity contribution in [1.82, 2.24) is 10.3 Å². The quantitative estimate of drug-likeness (QED) is 0.578. The van der Waals surface area contributed by atoms with Crippen molar-refractivity contribution in [2.75, 3.05) is 13.2 Å². The topological polar surface area (TPSA) is 68.3 Å². The molecular weight excluding hydrogens is 204 g/mol. The van der Waals surface area contributed by atoms with Crippen molar-refractivity contribution >= 4 is 10.9 Å². The van der Waals surface area contributed by atoms with E-state index in [9.17, 15) is 10.2 Å². The standard InChI is InChI=1S/C12H14N2O2/c15-6-11-12-8(3-4-13-11)9-5-7(16)1-2-10(9)14-12/h1-2,5,11,13-16H,3-4,6H2. The lowest BCUT2D eigenvalue weighted by molar-refractivity contribution is 0.238. The Balaban J connectivity index is 2.24. The van der Waals surface area contributed by atoms with Crippen LogP contribution in [0, 0.1) is 0 Å². The van der Waals surface area contributed by atoms with E-state index in [-0.39, 0.29) is 18.4 Å². The first kappa shape index (κ1) is 9.69. The van der Waals surface area contributed by atoms with Crippen LogP contribution in [0.2, 0.25) is 0 Å². The Bertz CT molecular complexity index is 533. The van der Waals surface area contributed by atoms with Crippen LogP contribution in [0.4, 0.5) is 0 Å². The molecule has 84 valence electrons. The van der Waals surface area contributed by atoms with Crippen LogP contribution in [0.1, 0.15) is 17.3 Å². The van der Waals surface area contributed by atoms with Crippen LogP contribution in [-0.2, 0) is 6.42 Å². The predicted molar refractivity (Wildman–Crippen MR) is 61.5 cm³/mol. The summed E-state index contributed by atoms with van der Waals surface area (Å²) in [7, 11) is 0. The van der Waals surface area contributed by atoms with Gasteiger partial charge >= 0.3 is 0 Å². The molecule has 2 aromatic rings. The molecule has 4 nitrogen and oxygen atoms in total. The second-order valence-corrected chi connectivity index (χ2v) is 4.19. The molecule has 0 amide bonds. The second-order valence-electron chi connectivity index (χ2n) is 4.19. The minimum Gasteiger partial charge on any atom is -0.508 e. The summed E-state index contributed by atoms with van der Waals surface area (Å²) in [6, 6.07) is 5.31. The fraction of sp³-hybridized carbons (Fsp3) is 0.333. The SMILES string of the molecule is OCC1NCCc2c1[nH]c1ccc(O)cc21. The van der Waals surface area contributed by atoms with Gasteiger partial charge in [-0.2, -0.15) is 0 Å². The third kappa shape index (κ3) is 1.31. The van der Waals surface area contributed by atoms with E-state index in [2.05, 4.69) is 10.3 Å². The molecule has 0 saturated carbocycles. The number of hydrogen-bond donors (Lipinski definition) is 4. The summed E-state index contributed by atoms with van der Waals surface area (Å²) in [6.45, 7) is 0.951. The smallest absolute Gasteiger partial charge is 0.116 e. The Hall–Kier alpha value is -1.52. The number of fused-ring (bicyclic) bond motifs is 3. The van der Waals surface area contributed by atoms with E-state index in [0.29, 0.717) is 0 Å². The minimum atomic E-state index is -0.0155. The molecule has 1 aliphatic heterocycles. The summed E-state index contributed by atoms with van der Waals surface area (Å²) in [5.41, 5.74) is 3.28. The second kappa shape index (κ2) is 3.50. The van der Waals surface area contributed by atoms with Crippen LogP contribution in [0.5, 0.6) is 5.75 Å². The van der Waals surface area contributed by atoms with Crippen molar-refractivity contribution < 1.29 is 10.2 Å². The summed E-state index contributed by atoms with van der Waals surface area (Å²) >= 11 is 0. The summed E-state index contributed by atoms with van der Waals surface area (Å²) in [6.07, 6.45) is 0.926. The number of phenols is 1. The maximum absolute atomic E-state index is 9.49. The van der Waals surface area contributed by atoms with E-state index >= 15 is 0 Å². The maximum Gasteiger partial charge on any atom is 0.116 e. The normalized spacial score (nSPS) is 19.9. The molecule has 1 atom stereocenters. The van der Waals surface area contributed by atoms with Crippen LogP contribution in [-0.4, -0.2) is 28.3 Å². The lowest BCUT2D eigenvalue weighted by atomic mass is 10.00. The van der Waals surface area contributed by atoms with Crippen LogP contribution in [0.25, 0.3) is 10.9 Å². The molecule has 2 heterocycles. The van der Waals surface area contributed by atoms with E-state index in [1.165, 1.54) is 5.56 Å². The lowest BCUT2D eigenvalue weighted by Gasteiger charge is -2.22. The van der Waals surface area contributed by atoms with Crippen LogP contribution >= 0.6 is 0 Å². The van der Waals surface area contributed by atoms with E-state index < -0.39 is 0 Å². The number of phenolic OH excluding ortho intramolecular Hbond substituents is 1. The van der Waals surface area contributed by atoms with Gasteiger partial charge in [-0.3, -0.25) is 0 Å². The Morgan fingerprint density at radius 1 is 1.38 bits per heavy atom. The Labute approximate surface area is 92.9 Å². The van der Waals surface area contributed by atoms with Gasteiger partial charge in [-0.15, -0.1) is 0 Å². The predicted octanol–water partition coefficient (Wildman–Crippen LogP) is 1.05. The lowest BCUT2D eigenvalue weighted by Crippen LogP contribution is -2.31. The van der Waals surface area contributed by atoms with Gasteiger partial charge in [0.2, 0.25) is 0 Å². The fourth-order valence-electron chi connectivity index (χ4n) is 2.45. The number of aliphatic hydroxyl groups is 1. The highest BCUT2D eigenvalue weighted by Gasteiger charge is 2.23. The van der Waals surface area contributed by atoms with E-state index in [0.717, 1.165) is 29.6 Å². The van der Waals surface area contributed by atoms with Crippen LogP contribution < -0.4 is 5.32 Å². The maximum atomic E-state index is 9.49. The van der Waals surface area contributed by atoms with Crippen molar-refractivity contribution in [2.24, 2.45) is 0 Å². The summed E-state index contributed by atoms with van der Waals surface area (Å²) in [5, 5.41) is 23.1. The highest BCUT2D eigenvalue weighted by Crippen LogP contribution is 2.31. The monoisotopic (exact) mass is 218 g/mol. The van der Waals surface area contributed by atoms with Crippen molar-refractivity contribution in [2.45, 2.75) is 12.5 Å². The number of benzene rings is 1. The van der Waals surface area contributed by atoms with Gasteiger partial charge in [0.15, 0.2) is 0 Å². The van der Waals surface area contributed by atoms with Gasteiger partial charge in [-0.25, -0.2) is 0 Å². The van der Waals surface area contributed by atoms with Gasteiger partial charge in [-0.05, 0) is 36.7 Å². The molecule has 1 unspecified atom stereocenters. The Morgan fingerprint density at radius 2 is 2.25 bits per heavy atom. The molecular formula is C12H14N2O2. The molecule has 4 heteroatoms. The van der Waals surface area contributed by atoms with Crippen molar-refractivity contribution in [3.8, 4) is 5.75 Å². The number of hydrogen-bond acceptors (Lipinski definition) is 3. The number of rotatable bonds is 1. The zero-order valence-electron chi connectivity index (χ0n) is 8.83. The number of nitrogens with one attached hydrogen (secondary N) is 2. The molecule has 4 N–H and O–H groups in total. The zero-order valence-corrected chi connectivity index (χ0v) is 8.83. The Kier molecular flexibility index (Phi) is 2.12. The van der Waals surface area contributed by atoms with E-state index in [4.69, 9.17) is 0 Å². The molecule has 16 heavy (non-hydrogen) atoms. The molecule has 1 aliphatic rings. The van der Waals surface area contributed by atoms with Gasteiger partial charge in [0.05, 0.1) is 12.6 Å². The zero-order chi connectivity index (χ0) is 11.1. The first-order valence-corrected chi connectivity index (χ1v) is 5.47. The first-order chi connectivity index (χ1) is 7.79. The number of aromatic nitrogens is 1. The van der Waals surface area contributed by atoms with Gasteiger partial charge in [0.1, 0.15) is 5.75 Å². The number of H-pyrrole nitrogens is 1. The van der Waals surface area contributed by atoms with E-state index in [1.807, 2.05) is 6.07 Å². The minimum absolute atomic E-state index is 0.0155. The fourth-order valence-corrected chi connectivity index (χ4v) is 2.45. The van der Waals surface area contributed by atoms with Crippen molar-refractivity contribution in [1.29, 1.82) is 0 Å². The number of aromatic hydroxyl groups is 1. The molecule has 0 spiro atoms. The first-order valence-electron chi connectivity index (χ1n) is 5.47. The number of aliphatic hydroxyl groups excluding tert-OH is 1. The number of aromatic amines is 1. The third-order valence-electron chi connectivity index (χ3n) is 3.22. The largest absolute Gasteiger partial charge is 0.508 e. The molecule has 0 fully saturated rings. The molecule has 0 aliphatic carbocycles. The molecule has 0 radical (unpaired) electrons. The van der Waals surface area contributed by atoms with Gasteiger partial charge < -0.3 is 20.5 Å². The van der Waals surface area contributed by atoms with Gasteiger partial charge in [0, 0.05) is 16.6 Å². The molecule has 3 rings (SSSR count).